The molecule has 0 aliphatic rings. The predicted molar refractivity (Wildman–Crippen MR) is 113 cm³/mol. The number of carbonyl (C=O) groups is 1. The molecule has 1 amide bonds. The van der Waals surface area contributed by atoms with E-state index in [1.165, 1.54) is 11.1 Å². The molecule has 138 valence electrons. The van der Waals surface area contributed by atoms with Crippen molar-refractivity contribution in [1.29, 1.82) is 0 Å². The topological polar surface area (TPSA) is 32.3 Å². The lowest BCUT2D eigenvalue weighted by Gasteiger charge is -2.17. The first-order chi connectivity index (χ1) is 13.0. The quantitative estimate of drug-likeness (QED) is 0.574. The number of benzene rings is 3. The van der Waals surface area contributed by atoms with E-state index in [0.29, 0.717) is 22.3 Å². The van der Waals surface area contributed by atoms with Gasteiger partial charge in [-0.25, -0.2) is 0 Å². The standard InChI is InChI=1S/C22H20Cl2N2O/c1-26(15-21(27)25-22-19(23)8-5-9-20(22)24)14-16-10-12-18(13-11-16)17-6-3-2-4-7-17/h2-13H,14-15H2,1H3,(H,25,27). The molecule has 0 unspecified atom stereocenters. The summed E-state index contributed by atoms with van der Waals surface area (Å²) in [6, 6.07) is 23.7. The molecule has 0 heterocycles. The lowest BCUT2D eigenvalue weighted by molar-refractivity contribution is -0.117. The van der Waals surface area contributed by atoms with Gasteiger partial charge in [0.1, 0.15) is 0 Å². The first-order valence-electron chi connectivity index (χ1n) is 8.59. The summed E-state index contributed by atoms with van der Waals surface area (Å²) in [6.07, 6.45) is 0. The maximum atomic E-state index is 12.3. The predicted octanol–water partition coefficient (Wildman–Crippen LogP) is 5.73. The maximum absolute atomic E-state index is 12.3. The van der Waals surface area contributed by atoms with Crippen LogP contribution in [0.25, 0.3) is 11.1 Å². The van der Waals surface area contributed by atoms with Crippen LogP contribution in [-0.4, -0.2) is 24.4 Å². The smallest absolute Gasteiger partial charge is 0.238 e. The molecule has 0 bridgehead atoms. The van der Waals surface area contributed by atoms with Gasteiger partial charge in [-0.05, 0) is 35.9 Å². The summed E-state index contributed by atoms with van der Waals surface area (Å²) in [4.78, 5) is 14.2. The number of carbonyl (C=O) groups excluding carboxylic acids is 1. The Morgan fingerprint density at radius 1 is 0.852 bits per heavy atom. The fourth-order valence-electron chi connectivity index (χ4n) is 2.84. The minimum Gasteiger partial charge on any atom is -0.322 e. The van der Waals surface area contributed by atoms with E-state index in [1.54, 1.807) is 18.2 Å². The van der Waals surface area contributed by atoms with Crippen molar-refractivity contribution in [1.82, 2.24) is 4.90 Å². The summed E-state index contributed by atoms with van der Waals surface area (Å²) >= 11 is 12.2. The second-order valence-electron chi connectivity index (χ2n) is 6.38. The molecule has 0 aliphatic heterocycles. The molecular weight excluding hydrogens is 379 g/mol. The van der Waals surface area contributed by atoms with Gasteiger partial charge in [-0.1, -0.05) is 83.9 Å². The van der Waals surface area contributed by atoms with Crippen molar-refractivity contribution in [3.05, 3.63) is 88.4 Å². The lowest BCUT2D eigenvalue weighted by atomic mass is 10.0. The van der Waals surface area contributed by atoms with Gasteiger partial charge in [0, 0.05) is 6.54 Å². The molecular formula is C22H20Cl2N2O. The van der Waals surface area contributed by atoms with Gasteiger partial charge in [0.2, 0.25) is 5.91 Å². The molecule has 0 aliphatic carbocycles. The monoisotopic (exact) mass is 398 g/mol. The van der Waals surface area contributed by atoms with Crippen molar-refractivity contribution in [3.8, 4) is 11.1 Å². The van der Waals surface area contributed by atoms with E-state index >= 15 is 0 Å². The van der Waals surface area contributed by atoms with Crippen molar-refractivity contribution in [3.63, 3.8) is 0 Å². The third-order valence-electron chi connectivity index (χ3n) is 4.15. The van der Waals surface area contributed by atoms with E-state index in [-0.39, 0.29) is 12.5 Å². The van der Waals surface area contributed by atoms with Gasteiger partial charge >= 0.3 is 0 Å². The summed E-state index contributed by atoms with van der Waals surface area (Å²) < 4.78 is 0. The van der Waals surface area contributed by atoms with Crippen LogP contribution in [0.15, 0.2) is 72.8 Å². The van der Waals surface area contributed by atoms with E-state index < -0.39 is 0 Å². The van der Waals surface area contributed by atoms with E-state index in [4.69, 9.17) is 23.2 Å². The zero-order valence-electron chi connectivity index (χ0n) is 15.0. The number of hydrogen-bond donors (Lipinski definition) is 1. The van der Waals surface area contributed by atoms with Crippen LogP contribution in [0, 0.1) is 0 Å². The Bertz CT molecular complexity index is 891. The fourth-order valence-corrected chi connectivity index (χ4v) is 3.33. The zero-order valence-corrected chi connectivity index (χ0v) is 16.5. The third-order valence-corrected chi connectivity index (χ3v) is 4.78. The second kappa shape index (κ2) is 9.05. The van der Waals surface area contributed by atoms with Gasteiger partial charge in [0.25, 0.3) is 0 Å². The normalized spacial score (nSPS) is 10.8. The highest BCUT2D eigenvalue weighted by atomic mass is 35.5. The number of halogens is 2. The Balaban J connectivity index is 1.57. The molecule has 27 heavy (non-hydrogen) atoms. The van der Waals surface area contributed by atoms with Crippen molar-refractivity contribution < 1.29 is 4.79 Å². The Morgan fingerprint density at radius 3 is 2.07 bits per heavy atom. The first-order valence-corrected chi connectivity index (χ1v) is 9.35. The van der Waals surface area contributed by atoms with E-state index in [0.717, 1.165) is 5.56 Å². The third kappa shape index (κ3) is 5.33. The highest BCUT2D eigenvalue weighted by Crippen LogP contribution is 2.29. The van der Waals surface area contributed by atoms with E-state index in [2.05, 4.69) is 41.7 Å². The number of nitrogens with zero attached hydrogens (tertiary/aromatic N) is 1. The fraction of sp³-hybridized carbons (Fsp3) is 0.136. The van der Waals surface area contributed by atoms with Crippen LogP contribution in [0.2, 0.25) is 10.0 Å². The number of hydrogen-bond acceptors (Lipinski definition) is 2. The van der Waals surface area contributed by atoms with Gasteiger partial charge in [-0.15, -0.1) is 0 Å². The molecule has 3 rings (SSSR count). The molecule has 3 nitrogen and oxygen atoms in total. The maximum Gasteiger partial charge on any atom is 0.238 e. The SMILES string of the molecule is CN(CC(=O)Nc1c(Cl)cccc1Cl)Cc1ccc(-c2ccccc2)cc1. The van der Waals surface area contributed by atoms with Crippen LogP contribution >= 0.6 is 23.2 Å². The number of rotatable bonds is 6. The number of nitrogens with one attached hydrogen (secondary N) is 1. The van der Waals surface area contributed by atoms with Crippen molar-refractivity contribution >= 4 is 34.8 Å². The molecule has 0 saturated heterocycles. The molecule has 1 N–H and O–H groups in total. The lowest BCUT2D eigenvalue weighted by Crippen LogP contribution is -2.30. The first kappa shape index (κ1) is 19.4. The highest BCUT2D eigenvalue weighted by molar-refractivity contribution is 6.39. The number of amides is 1. The van der Waals surface area contributed by atoms with Crippen molar-refractivity contribution in [2.24, 2.45) is 0 Å². The van der Waals surface area contributed by atoms with Gasteiger partial charge in [-0.3, -0.25) is 9.69 Å². The van der Waals surface area contributed by atoms with Crippen LogP contribution in [0.4, 0.5) is 5.69 Å². The average molecular weight is 399 g/mol. The van der Waals surface area contributed by atoms with Crippen molar-refractivity contribution in [2.45, 2.75) is 6.54 Å². The molecule has 0 fully saturated rings. The summed E-state index contributed by atoms with van der Waals surface area (Å²) in [5.74, 6) is -0.159. The number of anilines is 1. The minimum atomic E-state index is -0.159. The van der Waals surface area contributed by atoms with Gasteiger partial charge in [-0.2, -0.15) is 0 Å². The minimum absolute atomic E-state index is 0.159. The Kier molecular flexibility index (Phi) is 6.51. The van der Waals surface area contributed by atoms with E-state index in [9.17, 15) is 4.79 Å². The Labute approximate surface area is 169 Å². The van der Waals surface area contributed by atoms with Crippen LogP contribution in [-0.2, 0) is 11.3 Å². The van der Waals surface area contributed by atoms with Gasteiger partial charge in [0.15, 0.2) is 0 Å². The van der Waals surface area contributed by atoms with Crippen LogP contribution < -0.4 is 5.32 Å². The molecule has 0 saturated carbocycles. The highest BCUT2D eigenvalue weighted by Gasteiger charge is 2.12. The average Bonchev–Trinajstić information content (AvgIpc) is 2.66. The van der Waals surface area contributed by atoms with Gasteiger partial charge < -0.3 is 5.32 Å². The van der Waals surface area contributed by atoms with Crippen LogP contribution in [0.1, 0.15) is 5.56 Å². The summed E-state index contributed by atoms with van der Waals surface area (Å²) in [5, 5.41) is 3.63. The summed E-state index contributed by atoms with van der Waals surface area (Å²) in [5.41, 5.74) is 3.95. The molecule has 5 heteroatoms. The van der Waals surface area contributed by atoms with Crippen molar-refractivity contribution in [2.75, 3.05) is 18.9 Å². The van der Waals surface area contributed by atoms with Crippen LogP contribution in [0.3, 0.4) is 0 Å². The zero-order chi connectivity index (χ0) is 19.2. The molecule has 3 aromatic rings. The molecule has 0 atom stereocenters. The van der Waals surface area contributed by atoms with E-state index in [1.807, 2.05) is 30.1 Å². The number of likely N-dealkylation sites (N-methyl/N-ethyl adjacent to an activating group) is 1. The van der Waals surface area contributed by atoms with Gasteiger partial charge in [0.05, 0.1) is 22.3 Å². The summed E-state index contributed by atoms with van der Waals surface area (Å²) in [7, 11) is 1.90. The molecule has 3 aromatic carbocycles. The molecule has 0 aromatic heterocycles. The molecule has 0 spiro atoms. The van der Waals surface area contributed by atoms with Crippen LogP contribution in [0.5, 0.6) is 0 Å². The number of para-hydroxylation sites is 1. The Hall–Kier alpha value is -2.33. The largest absolute Gasteiger partial charge is 0.322 e. The summed E-state index contributed by atoms with van der Waals surface area (Å²) in [6.45, 7) is 0.904. The molecule has 0 radical (unpaired) electrons. The Morgan fingerprint density at radius 2 is 1.44 bits per heavy atom. The second-order valence-corrected chi connectivity index (χ2v) is 7.19.